The van der Waals surface area contributed by atoms with Crippen LogP contribution in [0.15, 0.2) is 24.4 Å². The number of benzene rings is 1. The average Bonchev–Trinajstić information content (AvgIpc) is 2.87. The minimum absolute atomic E-state index is 0.0166. The Morgan fingerprint density at radius 3 is 3.11 bits per heavy atom. The molecule has 6 heteroatoms. The molecule has 1 fully saturated rings. The van der Waals surface area contributed by atoms with Crippen molar-refractivity contribution < 1.29 is 9.59 Å². The van der Waals surface area contributed by atoms with E-state index in [0.29, 0.717) is 19.4 Å². The van der Waals surface area contributed by atoms with Crippen molar-refractivity contribution >= 4 is 28.4 Å². The number of fused-ring (bicyclic) bond motifs is 1. The highest BCUT2D eigenvalue weighted by molar-refractivity contribution is 5.95. The molecule has 0 spiro atoms. The number of carbonyl (C=O) groups is 2. The van der Waals surface area contributed by atoms with Crippen LogP contribution in [0.3, 0.4) is 0 Å². The first-order chi connectivity index (χ1) is 9.22. The van der Waals surface area contributed by atoms with Crippen molar-refractivity contribution in [1.82, 2.24) is 15.5 Å². The number of piperidine rings is 1. The highest BCUT2D eigenvalue weighted by Gasteiger charge is 2.24. The maximum atomic E-state index is 12.1. The molecule has 1 aromatic carbocycles. The molecule has 1 saturated heterocycles. The average molecular weight is 258 g/mol. The van der Waals surface area contributed by atoms with Gasteiger partial charge in [-0.2, -0.15) is 5.10 Å². The maximum Gasteiger partial charge on any atom is 0.229 e. The van der Waals surface area contributed by atoms with Gasteiger partial charge in [0.1, 0.15) is 0 Å². The molecule has 6 nitrogen and oxygen atoms in total. The summed E-state index contributed by atoms with van der Waals surface area (Å²) in [6, 6.07) is 5.59. The lowest BCUT2D eigenvalue weighted by molar-refractivity contribution is -0.126. The Balaban J connectivity index is 1.70. The summed E-state index contributed by atoms with van der Waals surface area (Å²) in [6.07, 6.45) is 2.75. The molecular weight excluding hydrogens is 244 g/mol. The predicted molar refractivity (Wildman–Crippen MR) is 70.5 cm³/mol. The van der Waals surface area contributed by atoms with Gasteiger partial charge in [0, 0.05) is 24.0 Å². The summed E-state index contributed by atoms with van der Waals surface area (Å²) >= 11 is 0. The molecule has 2 amide bonds. The Kier molecular flexibility index (Phi) is 2.91. The van der Waals surface area contributed by atoms with E-state index in [4.69, 9.17) is 0 Å². The van der Waals surface area contributed by atoms with E-state index in [2.05, 4.69) is 20.8 Å². The van der Waals surface area contributed by atoms with Crippen molar-refractivity contribution in [2.24, 2.45) is 5.92 Å². The van der Waals surface area contributed by atoms with E-state index in [9.17, 15) is 9.59 Å². The lowest BCUT2D eigenvalue weighted by atomic mass is 9.98. The van der Waals surface area contributed by atoms with Gasteiger partial charge in [0.15, 0.2) is 0 Å². The van der Waals surface area contributed by atoms with E-state index < -0.39 is 0 Å². The fraction of sp³-hybridized carbons (Fsp3) is 0.308. The van der Waals surface area contributed by atoms with Gasteiger partial charge >= 0.3 is 0 Å². The predicted octanol–water partition coefficient (Wildman–Crippen LogP) is 1.03. The summed E-state index contributed by atoms with van der Waals surface area (Å²) < 4.78 is 0. The lowest BCUT2D eigenvalue weighted by Crippen LogP contribution is -2.40. The van der Waals surface area contributed by atoms with E-state index in [1.54, 1.807) is 6.20 Å². The van der Waals surface area contributed by atoms with Crippen LogP contribution in [0.25, 0.3) is 10.9 Å². The highest BCUT2D eigenvalue weighted by atomic mass is 16.2. The summed E-state index contributed by atoms with van der Waals surface area (Å²) in [4.78, 5) is 23.1. The van der Waals surface area contributed by atoms with E-state index in [1.807, 2.05) is 18.2 Å². The molecule has 2 aromatic rings. The van der Waals surface area contributed by atoms with Crippen LogP contribution >= 0.6 is 0 Å². The normalized spacial score (nSPS) is 19.2. The van der Waals surface area contributed by atoms with Crippen LogP contribution in [0.2, 0.25) is 0 Å². The van der Waals surface area contributed by atoms with Crippen LogP contribution in [-0.4, -0.2) is 28.6 Å². The van der Waals surface area contributed by atoms with Gasteiger partial charge in [0.05, 0.1) is 17.6 Å². The van der Waals surface area contributed by atoms with Gasteiger partial charge in [-0.25, -0.2) is 0 Å². The third kappa shape index (κ3) is 2.42. The molecular formula is C13H14N4O2. The van der Waals surface area contributed by atoms with Gasteiger partial charge < -0.3 is 10.6 Å². The molecule has 1 aliphatic heterocycles. The summed E-state index contributed by atoms with van der Waals surface area (Å²) in [5.41, 5.74) is 1.62. The molecule has 0 saturated carbocycles. The topological polar surface area (TPSA) is 86.9 Å². The van der Waals surface area contributed by atoms with E-state index in [0.717, 1.165) is 16.6 Å². The second-order valence-electron chi connectivity index (χ2n) is 4.70. The number of aromatic nitrogens is 2. The first-order valence-corrected chi connectivity index (χ1v) is 6.23. The lowest BCUT2D eigenvalue weighted by Gasteiger charge is -2.21. The summed E-state index contributed by atoms with van der Waals surface area (Å²) in [6.45, 7) is 0.414. The fourth-order valence-corrected chi connectivity index (χ4v) is 2.22. The molecule has 1 unspecified atom stereocenters. The van der Waals surface area contributed by atoms with Gasteiger partial charge in [-0.15, -0.1) is 0 Å². The number of amides is 2. The first-order valence-electron chi connectivity index (χ1n) is 6.23. The van der Waals surface area contributed by atoms with E-state index in [-0.39, 0.29) is 17.7 Å². The number of H-pyrrole nitrogens is 1. The zero-order chi connectivity index (χ0) is 13.2. The monoisotopic (exact) mass is 258 g/mol. The summed E-state index contributed by atoms with van der Waals surface area (Å²) in [7, 11) is 0. The minimum Gasteiger partial charge on any atom is -0.355 e. The molecule has 0 bridgehead atoms. The Morgan fingerprint density at radius 2 is 2.32 bits per heavy atom. The van der Waals surface area contributed by atoms with Crippen molar-refractivity contribution in [3.05, 3.63) is 24.4 Å². The summed E-state index contributed by atoms with van der Waals surface area (Å²) in [5, 5.41) is 13.4. The fourth-order valence-electron chi connectivity index (χ4n) is 2.22. The van der Waals surface area contributed by atoms with Crippen LogP contribution in [0.5, 0.6) is 0 Å². The number of carbonyl (C=O) groups excluding carboxylic acids is 2. The second-order valence-corrected chi connectivity index (χ2v) is 4.70. The molecule has 1 aromatic heterocycles. The van der Waals surface area contributed by atoms with Gasteiger partial charge in [-0.05, 0) is 24.6 Å². The zero-order valence-corrected chi connectivity index (χ0v) is 10.3. The third-order valence-electron chi connectivity index (χ3n) is 3.35. The van der Waals surface area contributed by atoms with Crippen LogP contribution in [0.4, 0.5) is 5.69 Å². The number of hydrogen-bond acceptors (Lipinski definition) is 3. The van der Waals surface area contributed by atoms with Crippen molar-refractivity contribution in [2.45, 2.75) is 12.8 Å². The quantitative estimate of drug-likeness (QED) is 0.751. The number of hydrogen-bond donors (Lipinski definition) is 3. The van der Waals surface area contributed by atoms with Crippen LogP contribution in [-0.2, 0) is 9.59 Å². The minimum atomic E-state index is -0.157. The van der Waals surface area contributed by atoms with Crippen molar-refractivity contribution in [3.8, 4) is 0 Å². The number of rotatable bonds is 2. The first kappa shape index (κ1) is 11.7. The number of aromatic amines is 1. The molecule has 3 rings (SSSR count). The van der Waals surface area contributed by atoms with Crippen LogP contribution < -0.4 is 10.6 Å². The standard InChI is InChI=1S/C13H14N4O2/c18-12-4-2-9(6-14-12)13(19)16-10-3-1-8-7-15-17-11(8)5-10/h1,3,5,7,9H,2,4,6H2,(H,14,18)(H,15,17)(H,16,19). The van der Waals surface area contributed by atoms with Crippen molar-refractivity contribution in [1.29, 1.82) is 0 Å². The Bertz CT molecular complexity index is 624. The largest absolute Gasteiger partial charge is 0.355 e. The molecule has 1 atom stereocenters. The molecule has 2 heterocycles. The Hall–Kier alpha value is -2.37. The van der Waals surface area contributed by atoms with Gasteiger partial charge in [-0.1, -0.05) is 0 Å². The molecule has 3 N–H and O–H groups in total. The van der Waals surface area contributed by atoms with Gasteiger partial charge in [0.25, 0.3) is 0 Å². The third-order valence-corrected chi connectivity index (χ3v) is 3.35. The Morgan fingerprint density at radius 1 is 1.42 bits per heavy atom. The highest BCUT2D eigenvalue weighted by Crippen LogP contribution is 2.18. The van der Waals surface area contributed by atoms with Crippen LogP contribution in [0, 0.1) is 5.92 Å². The zero-order valence-electron chi connectivity index (χ0n) is 10.3. The second kappa shape index (κ2) is 4.72. The summed E-state index contributed by atoms with van der Waals surface area (Å²) in [5.74, 6) is -0.197. The van der Waals surface area contributed by atoms with Crippen molar-refractivity contribution in [2.75, 3.05) is 11.9 Å². The number of anilines is 1. The molecule has 0 aliphatic carbocycles. The molecule has 1 aliphatic rings. The van der Waals surface area contributed by atoms with Crippen LogP contribution in [0.1, 0.15) is 12.8 Å². The van der Waals surface area contributed by atoms with Gasteiger partial charge in [0.2, 0.25) is 11.8 Å². The number of nitrogens with one attached hydrogen (secondary N) is 3. The van der Waals surface area contributed by atoms with Gasteiger partial charge in [-0.3, -0.25) is 14.7 Å². The van der Waals surface area contributed by atoms with Crippen molar-refractivity contribution in [3.63, 3.8) is 0 Å². The molecule has 19 heavy (non-hydrogen) atoms. The Labute approximate surface area is 109 Å². The molecule has 0 radical (unpaired) electrons. The maximum absolute atomic E-state index is 12.1. The molecule has 98 valence electrons. The number of nitrogens with zero attached hydrogens (tertiary/aromatic N) is 1. The van der Waals surface area contributed by atoms with E-state index >= 15 is 0 Å². The SMILES string of the molecule is O=C1CCC(C(=O)Nc2ccc3cn[nH]c3c2)CN1. The smallest absolute Gasteiger partial charge is 0.229 e. The van der Waals surface area contributed by atoms with E-state index in [1.165, 1.54) is 0 Å².